The van der Waals surface area contributed by atoms with Gasteiger partial charge in [0.2, 0.25) is 0 Å². The highest BCUT2D eigenvalue weighted by atomic mass is 127. The summed E-state index contributed by atoms with van der Waals surface area (Å²) in [5.41, 5.74) is 2.91. The molecule has 0 aliphatic carbocycles. The van der Waals surface area contributed by atoms with Gasteiger partial charge in [0, 0.05) is 21.3 Å². The molecule has 1 amide bonds. The normalized spacial score (nSPS) is 10.9. The van der Waals surface area contributed by atoms with Crippen LogP contribution in [0.15, 0.2) is 90.5 Å². The molecule has 0 saturated carbocycles. The number of benzene rings is 4. The van der Waals surface area contributed by atoms with Crippen molar-refractivity contribution in [2.24, 2.45) is 0 Å². The standard InChI is InChI=1S/C31H23Cl2IN2O4/c1-38-29-16-21(15-28(34)30(29)40-18-20-6-8-24(32)9-7-20)14-23(17-35)31(37)36-25-10-12-26(13-11-25)39-19-22-4-2-3-5-27(22)33/h2-16H,18-19H2,1H3,(H,36,37)/b23-14+. The summed E-state index contributed by atoms with van der Waals surface area (Å²) in [5, 5.41) is 13.7. The summed E-state index contributed by atoms with van der Waals surface area (Å²) in [6.07, 6.45) is 1.50. The fourth-order valence-electron chi connectivity index (χ4n) is 3.62. The lowest BCUT2D eigenvalue weighted by atomic mass is 10.1. The summed E-state index contributed by atoms with van der Waals surface area (Å²) in [4.78, 5) is 12.9. The molecule has 9 heteroatoms. The Morgan fingerprint density at radius 2 is 1.70 bits per heavy atom. The molecule has 0 heterocycles. The number of hydrogen-bond donors (Lipinski definition) is 1. The molecule has 0 bridgehead atoms. The molecule has 0 aliphatic rings. The first kappa shape index (κ1) is 29.3. The molecule has 0 radical (unpaired) electrons. The van der Waals surface area contributed by atoms with E-state index in [9.17, 15) is 10.1 Å². The number of anilines is 1. The predicted octanol–water partition coefficient (Wildman–Crippen LogP) is 8.31. The molecule has 0 spiro atoms. The fourth-order valence-corrected chi connectivity index (χ4v) is 4.72. The second kappa shape index (κ2) is 14.1. The first-order chi connectivity index (χ1) is 19.4. The lowest BCUT2D eigenvalue weighted by molar-refractivity contribution is -0.112. The summed E-state index contributed by atoms with van der Waals surface area (Å²) >= 11 is 14.3. The van der Waals surface area contributed by atoms with Crippen LogP contribution in [0.3, 0.4) is 0 Å². The average molecular weight is 685 g/mol. The monoisotopic (exact) mass is 684 g/mol. The molecular formula is C31H23Cl2IN2O4. The Bertz CT molecular complexity index is 1570. The molecule has 4 rings (SSSR count). The Kier molecular flexibility index (Phi) is 10.3. The largest absolute Gasteiger partial charge is 0.493 e. The molecule has 1 N–H and O–H groups in total. The number of carbonyl (C=O) groups excluding carboxylic acids is 1. The first-order valence-corrected chi connectivity index (χ1v) is 13.8. The van der Waals surface area contributed by atoms with E-state index in [-0.39, 0.29) is 5.57 Å². The molecule has 4 aromatic carbocycles. The van der Waals surface area contributed by atoms with Crippen LogP contribution in [0, 0.1) is 14.9 Å². The Labute approximate surface area is 256 Å². The minimum atomic E-state index is -0.538. The fraction of sp³-hybridized carbons (Fsp3) is 0.0968. The molecule has 6 nitrogen and oxygen atoms in total. The highest BCUT2D eigenvalue weighted by Crippen LogP contribution is 2.35. The summed E-state index contributed by atoms with van der Waals surface area (Å²) < 4.78 is 18.1. The van der Waals surface area contributed by atoms with E-state index in [0.717, 1.165) is 14.7 Å². The zero-order valence-corrected chi connectivity index (χ0v) is 25.0. The van der Waals surface area contributed by atoms with Crippen LogP contribution in [0.1, 0.15) is 16.7 Å². The van der Waals surface area contributed by atoms with Crippen LogP contribution in [-0.2, 0) is 18.0 Å². The van der Waals surface area contributed by atoms with Gasteiger partial charge >= 0.3 is 0 Å². The van der Waals surface area contributed by atoms with Crippen molar-refractivity contribution in [2.45, 2.75) is 13.2 Å². The van der Waals surface area contributed by atoms with Gasteiger partial charge in [-0.05, 0) is 94.4 Å². The molecule has 0 unspecified atom stereocenters. The number of amides is 1. The van der Waals surface area contributed by atoms with Crippen molar-refractivity contribution in [1.82, 2.24) is 0 Å². The van der Waals surface area contributed by atoms with Crippen molar-refractivity contribution in [1.29, 1.82) is 5.26 Å². The van der Waals surface area contributed by atoms with E-state index in [1.165, 1.54) is 13.2 Å². The van der Waals surface area contributed by atoms with Gasteiger partial charge in [-0.25, -0.2) is 0 Å². The Balaban J connectivity index is 1.42. The van der Waals surface area contributed by atoms with Crippen LogP contribution in [0.4, 0.5) is 5.69 Å². The number of hydrogen-bond acceptors (Lipinski definition) is 5. The van der Waals surface area contributed by atoms with Crippen LogP contribution >= 0.6 is 45.8 Å². The van der Waals surface area contributed by atoms with Gasteiger partial charge in [-0.15, -0.1) is 0 Å². The maximum atomic E-state index is 12.9. The highest BCUT2D eigenvalue weighted by Gasteiger charge is 2.15. The third-order valence-corrected chi connectivity index (χ3v) is 7.11. The van der Waals surface area contributed by atoms with Gasteiger partial charge in [-0.3, -0.25) is 4.79 Å². The van der Waals surface area contributed by atoms with Crippen molar-refractivity contribution in [3.63, 3.8) is 0 Å². The maximum absolute atomic E-state index is 12.9. The molecule has 4 aromatic rings. The van der Waals surface area contributed by atoms with E-state index in [0.29, 0.717) is 51.8 Å². The number of carbonyl (C=O) groups is 1. The third kappa shape index (κ3) is 7.92. The minimum Gasteiger partial charge on any atom is -0.493 e. The van der Waals surface area contributed by atoms with E-state index in [1.807, 2.05) is 42.5 Å². The van der Waals surface area contributed by atoms with Gasteiger partial charge in [0.05, 0.1) is 10.7 Å². The van der Waals surface area contributed by atoms with Gasteiger partial charge in [-0.1, -0.05) is 53.5 Å². The molecule has 0 aliphatic heterocycles. The number of halogens is 3. The van der Waals surface area contributed by atoms with Crippen LogP contribution in [-0.4, -0.2) is 13.0 Å². The SMILES string of the molecule is COc1cc(/C=C(\C#N)C(=O)Nc2ccc(OCc3ccccc3Cl)cc2)cc(I)c1OCc1ccc(Cl)cc1. The van der Waals surface area contributed by atoms with Gasteiger partial charge in [0.1, 0.15) is 30.6 Å². The van der Waals surface area contributed by atoms with E-state index >= 15 is 0 Å². The van der Waals surface area contributed by atoms with Gasteiger partial charge in [0.25, 0.3) is 5.91 Å². The maximum Gasteiger partial charge on any atom is 0.266 e. The summed E-state index contributed by atoms with van der Waals surface area (Å²) in [6, 6.07) is 27.2. The zero-order valence-electron chi connectivity index (χ0n) is 21.3. The quantitative estimate of drug-likeness (QED) is 0.103. The average Bonchev–Trinajstić information content (AvgIpc) is 2.96. The number of methoxy groups -OCH3 is 1. The number of ether oxygens (including phenoxy) is 3. The highest BCUT2D eigenvalue weighted by molar-refractivity contribution is 14.1. The second-order valence-electron chi connectivity index (χ2n) is 8.48. The van der Waals surface area contributed by atoms with Crippen molar-refractivity contribution in [2.75, 3.05) is 12.4 Å². The lowest BCUT2D eigenvalue weighted by Crippen LogP contribution is -2.13. The third-order valence-electron chi connectivity index (χ3n) is 5.69. The number of nitriles is 1. The second-order valence-corrected chi connectivity index (χ2v) is 10.5. The van der Waals surface area contributed by atoms with Crippen LogP contribution < -0.4 is 19.5 Å². The van der Waals surface area contributed by atoms with Gasteiger partial charge in [-0.2, -0.15) is 5.26 Å². The van der Waals surface area contributed by atoms with Crippen molar-refractivity contribution in [3.05, 3.63) is 121 Å². The molecule has 0 saturated heterocycles. The molecule has 0 atom stereocenters. The molecule has 202 valence electrons. The van der Waals surface area contributed by atoms with Crippen molar-refractivity contribution < 1.29 is 19.0 Å². The Morgan fingerprint density at radius 1 is 0.975 bits per heavy atom. The summed E-state index contributed by atoms with van der Waals surface area (Å²) in [7, 11) is 1.54. The number of rotatable bonds is 10. The summed E-state index contributed by atoms with van der Waals surface area (Å²) in [5.74, 6) is 1.13. The summed E-state index contributed by atoms with van der Waals surface area (Å²) in [6.45, 7) is 0.647. The van der Waals surface area contributed by atoms with Crippen LogP contribution in [0.5, 0.6) is 17.2 Å². The minimum absolute atomic E-state index is 0.0632. The Hall–Kier alpha value is -3.71. The number of nitrogens with one attached hydrogen (secondary N) is 1. The molecular weight excluding hydrogens is 662 g/mol. The van der Waals surface area contributed by atoms with Crippen molar-refractivity contribution >= 4 is 63.5 Å². The van der Waals surface area contributed by atoms with E-state index in [4.69, 9.17) is 37.4 Å². The predicted molar refractivity (Wildman–Crippen MR) is 166 cm³/mol. The molecule has 0 aromatic heterocycles. The van der Waals surface area contributed by atoms with Crippen LogP contribution in [0.2, 0.25) is 10.0 Å². The topological polar surface area (TPSA) is 80.6 Å². The van der Waals surface area contributed by atoms with Crippen LogP contribution in [0.25, 0.3) is 6.08 Å². The van der Waals surface area contributed by atoms with E-state index < -0.39 is 5.91 Å². The molecule has 40 heavy (non-hydrogen) atoms. The number of nitrogens with zero attached hydrogens (tertiary/aromatic N) is 1. The Morgan fingerprint density at radius 3 is 2.38 bits per heavy atom. The lowest BCUT2D eigenvalue weighted by Gasteiger charge is -2.14. The van der Waals surface area contributed by atoms with Gasteiger partial charge < -0.3 is 19.5 Å². The van der Waals surface area contributed by atoms with Gasteiger partial charge in [0.15, 0.2) is 11.5 Å². The molecule has 0 fully saturated rings. The van der Waals surface area contributed by atoms with E-state index in [1.54, 1.807) is 48.5 Å². The zero-order chi connectivity index (χ0) is 28.5. The van der Waals surface area contributed by atoms with Crippen molar-refractivity contribution in [3.8, 4) is 23.3 Å². The smallest absolute Gasteiger partial charge is 0.266 e. The van der Waals surface area contributed by atoms with E-state index in [2.05, 4.69) is 27.9 Å². The first-order valence-electron chi connectivity index (χ1n) is 12.0.